The number of imide groups is 1. The highest BCUT2D eigenvalue weighted by molar-refractivity contribution is 9.10. The van der Waals surface area contributed by atoms with E-state index in [0.717, 1.165) is 15.7 Å². The van der Waals surface area contributed by atoms with Crippen LogP contribution in [0.1, 0.15) is 15.9 Å². The fraction of sp³-hybridized carbons (Fsp3) is 0.190. The molecule has 0 bridgehead atoms. The molecule has 4 atom stereocenters. The van der Waals surface area contributed by atoms with Crippen LogP contribution in [0.5, 0.6) is 0 Å². The highest BCUT2D eigenvalue weighted by Gasteiger charge is 2.61. The van der Waals surface area contributed by atoms with Gasteiger partial charge in [-0.2, -0.15) is 0 Å². The maximum Gasteiger partial charge on any atom is 0.233 e. The van der Waals surface area contributed by atoms with Gasteiger partial charge in [0, 0.05) is 15.7 Å². The van der Waals surface area contributed by atoms with Crippen molar-refractivity contribution in [3.8, 4) is 0 Å². The Labute approximate surface area is 164 Å². The van der Waals surface area contributed by atoms with Gasteiger partial charge in [0.1, 0.15) is 6.04 Å². The Morgan fingerprint density at radius 2 is 1.67 bits per heavy atom. The van der Waals surface area contributed by atoms with Crippen LogP contribution in [0.4, 0.5) is 5.69 Å². The van der Waals surface area contributed by atoms with E-state index in [-0.39, 0.29) is 23.6 Å². The normalized spacial score (nSPS) is 27.8. The molecule has 134 valence electrons. The SMILES string of the molecule is O=C1NC(=O)C2C1C1C=Cc3ccccc3N1C2C(=O)c1ccc(Br)cc1. The Balaban J connectivity index is 1.66. The third-order valence-corrected chi connectivity index (χ3v) is 6.18. The molecule has 5 rings (SSSR count). The highest BCUT2D eigenvalue weighted by Crippen LogP contribution is 2.46. The summed E-state index contributed by atoms with van der Waals surface area (Å²) in [6.07, 6.45) is 3.91. The summed E-state index contributed by atoms with van der Waals surface area (Å²) in [6, 6.07) is 13.8. The lowest BCUT2D eigenvalue weighted by molar-refractivity contribution is -0.126. The number of hydrogen-bond donors (Lipinski definition) is 1. The van der Waals surface area contributed by atoms with E-state index >= 15 is 0 Å². The number of carbonyl (C=O) groups excluding carboxylic acids is 3. The van der Waals surface area contributed by atoms with Gasteiger partial charge in [0.2, 0.25) is 11.8 Å². The van der Waals surface area contributed by atoms with Crippen LogP contribution in [-0.2, 0) is 9.59 Å². The van der Waals surface area contributed by atoms with E-state index in [4.69, 9.17) is 0 Å². The quantitative estimate of drug-likeness (QED) is 0.596. The summed E-state index contributed by atoms with van der Waals surface area (Å²) < 4.78 is 0.876. The number of benzene rings is 2. The van der Waals surface area contributed by atoms with Crippen molar-refractivity contribution in [1.29, 1.82) is 0 Å². The molecule has 3 aliphatic rings. The predicted octanol–water partition coefficient (Wildman–Crippen LogP) is 2.80. The number of rotatable bonds is 2. The molecule has 3 aliphatic heterocycles. The second-order valence-corrected chi connectivity index (χ2v) is 7.95. The molecular weight excluding hydrogens is 408 g/mol. The predicted molar refractivity (Wildman–Crippen MR) is 104 cm³/mol. The number of nitrogens with one attached hydrogen (secondary N) is 1. The van der Waals surface area contributed by atoms with Gasteiger partial charge in [-0.05, 0) is 23.8 Å². The van der Waals surface area contributed by atoms with Crippen molar-refractivity contribution >= 4 is 45.3 Å². The summed E-state index contributed by atoms with van der Waals surface area (Å²) in [5.41, 5.74) is 2.40. The van der Waals surface area contributed by atoms with E-state index in [1.807, 2.05) is 41.3 Å². The van der Waals surface area contributed by atoms with Gasteiger partial charge in [0.05, 0.1) is 17.9 Å². The van der Waals surface area contributed by atoms with Gasteiger partial charge in [0.15, 0.2) is 5.78 Å². The smallest absolute Gasteiger partial charge is 0.233 e. The Hall–Kier alpha value is -2.73. The molecule has 2 fully saturated rings. The summed E-state index contributed by atoms with van der Waals surface area (Å²) in [5, 5.41) is 2.42. The molecule has 2 saturated heterocycles. The van der Waals surface area contributed by atoms with Gasteiger partial charge in [-0.3, -0.25) is 19.7 Å². The monoisotopic (exact) mass is 422 g/mol. The molecule has 1 N–H and O–H groups in total. The first kappa shape index (κ1) is 16.4. The number of amides is 2. The zero-order chi connectivity index (χ0) is 18.7. The average molecular weight is 423 g/mol. The number of nitrogens with zero attached hydrogens (tertiary/aromatic N) is 1. The van der Waals surface area contributed by atoms with E-state index in [0.29, 0.717) is 5.56 Å². The first-order chi connectivity index (χ1) is 13.1. The van der Waals surface area contributed by atoms with Gasteiger partial charge >= 0.3 is 0 Å². The van der Waals surface area contributed by atoms with Crippen molar-refractivity contribution in [3.05, 3.63) is 70.2 Å². The second kappa shape index (κ2) is 5.89. The number of carbonyl (C=O) groups is 3. The third kappa shape index (κ3) is 2.33. The summed E-state index contributed by atoms with van der Waals surface area (Å²) in [4.78, 5) is 40.5. The molecule has 2 aromatic carbocycles. The zero-order valence-corrected chi connectivity index (χ0v) is 15.7. The molecule has 0 aromatic heterocycles. The van der Waals surface area contributed by atoms with E-state index in [1.165, 1.54) is 0 Å². The van der Waals surface area contributed by atoms with Gasteiger partial charge in [-0.1, -0.05) is 58.4 Å². The lowest BCUT2D eigenvalue weighted by atomic mass is 9.86. The van der Waals surface area contributed by atoms with Crippen molar-refractivity contribution in [2.75, 3.05) is 4.90 Å². The Morgan fingerprint density at radius 3 is 2.44 bits per heavy atom. The van der Waals surface area contributed by atoms with Crippen LogP contribution in [0.25, 0.3) is 6.08 Å². The van der Waals surface area contributed by atoms with Crippen molar-refractivity contribution in [1.82, 2.24) is 5.32 Å². The van der Waals surface area contributed by atoms with Gasteiger partial charge in [-0.25, -0.2) is 0 Å². The zero-order valence-electron chi connectivity index (χ0n) is 14.1. The molecule has 2 amide bonds. The van der Waals surface area contributed by atoms with E-state index in [2.05, 4.69) is 21.2 Å². The number of fused-ring (bicyclic) bond motifs is 5. The molecule has 0 radical (unpaired) electrons. The largest absolute Gasteiger partial charge is 0.352 e. The van der Waals surface area contributed by atoms with E-state index < -0.39 is 17.9 Å². The lowest BCUT2D eigenvalue weighted by Gasteiger charge is -2.35. The molecule has 4 unspecified atom stereocenters. The molecule has 0 saturated carbocycles. The van der Waals surface area contributed by atoms with Crippen LogP contribution >= 0.6 is 15.9 Å². The molecule has 0 spiro atoms. The van der Waals surface area contributed by atoms with Crippen LogP contribution in [0.2, 0.25) is 0 Å². The number of Topliss-reactive ketones (excluding diaryl/α,β-unsaturated/α-hetero) is 1. The van der Waals surface area contributed by atoms with Crippen molar-refractivity contribution in [2.45, 2.75) is 12.1 Å². The Morgan fingerprint density at radius 1 is 0.963 bits per heavy atom. The molecule has 6 heteroatoms. The number of ketones is 1. The van der Waals surface area contributed by atoms with E-state index in [1.54, 1.807) is 24.3 Å². The van der Waals surface area contributed by atoms with Crippen LogP contribution in [0, 0.1) is 11.8 Å². The van der Waals surface area contributed by atoms with Crippen molar-refractivity contribution in [3.63, 3.8) is 0 Å². The highest BCUT2D eigenvalue weighted by atomic mass is 79.9. The fourth-order valence-corrected chi connectivity index (χ4v) is 4.78. The number of para-hydroxylation sites is 1. The first-order valence-corrected chi connectivity index (χ1v) is 9.55. The standard InChI is InChI=1S/C21H15BrN2O3/c22-13-8-5-12(6-9-13)19(25)18-17-16(20(26)23-21(17)27)15-10-7-11-3-1-2-4-14(11)24(15)18/h1-10,15-18H,(H,23,26,27). The minimum atomic E-state index is -0.710. The molecular formula is C21H15BrN2O3. The van der Waals surface area contributed by atoms with Crippen LogP contribution in [-0.4, -0.2) is 29.7 Å². The number of hydrogen-bond acceptors (Lipinski definition) is 4. The van der Waals surface area contributed by atoms with Crippen molar-refractivity contribution < 1.29 is 14.4 Å². The number of halogens is 1. The molecule has 0 aliphatic carbocycles. The van der Waals surface area contributed by atoms with Crippen LogP contribution < -0.4 is 10.2 Å². The maximum atomic E-state index is 13.4. The third-order valence-electron chi connectivity index (χ3n) is 5.65. The second-order valence-electron chi connectivity index (χ2n) is 7.04. The summed E-state index contributed by atoms with van der Waals surface area (Å²) >= 11 is 3.38. The summed E-state index contributed by atoms with van der Waals surface area (Å²) in [7, 11) is 0. The van der Waals surface area contributed by atoms with Gasteiger partial charge in [0.25, 0.3) is 0 Å². The summed E-state index contributed by atoms with van der Waals surface area (Å²) in [5.74, 6) is -2.04. The lowest BCUT2D eigenvalue weighted by Crippen LogP contribution is -2.47. The minimum Gasteiger partial charge on any atom is -0.352 e. The van der Waals surface area contributed by atoms with Gasteiger partial charge in [-0.15, -0.1) is 0 Å². The Kier molecular flexibility index (Phi) is 3.59. The number of anilines is 1. The fourth-order valence-electron chi connectivity index (χ4n) is 4.52. The average Bonchev–Trinajstić information content (AvgIpc) is 3.17. The van der Waals surface area contributed by atoms with Gasteiger partial charge < -0.3 is 4.90 Å². The van der Waals surface area contributed by atoms with Crippen molar-refractivity contribution in [2.24, 2.45) is 11.8 Å². The molecule has 5 nitrogen and oxygen atoms in total. The molecule has 2 aromatic rings. The molecule has 27 heavy (non-hydrogen) atoms. The summed E-state index contributed by atoms with van der Waals surface area (Å²) in [6.45, 7) is 0. The molecule has 3 heterocycles. The van der Waals surface area contributed by atoms with Crippen LogP contribution in [0.15, 0.2) is 59.1 Å². The minimum absolute atomic E-state index is 0.144. The maximum absolute atomic E-state index is 13.4. The first-order valence-electron chi connectivity index (χ1n) is 8.76. The van der Waals surface area contributed by atoms with E-state index in [9.17, 15) is 14.4 Å². The van der Waals surface area contributed by atoms with Crippen LogP contribution in [0.3, 0.4) is 0 Å². The topological polar surface area (TPSA) is 66.5 Å². The Bertz CT molecular complexity index is 1010.